The number of imide groups is 1. The van der Waals surface area contributed by atoms with E-state index in [1.807, 2.05) is 48.7 Å². The lowest BCUT2D eigenvalue weighted by Gasteiger charge is -2.08. The summed E-state index contributed by atoms with van der Waals surface area (Å²) < 4.78 is 7.44. The van der Waals surface area contributed by atoms with Gasteiger partial charge in [0, 0.05) is 23.6 Å². The molecular formula is C20H16N2O3S. The molecule has 2 heterocycles. The summed E-state index contributed by atoms with van der Waals surface area (Å²) in [6.45, 7) is 0.717. The van der Waals surface area contributed by atoms with E-state index in [9.17, 15) is 9.59 Å². The van der Waals surface area contributed by atoms with Gasteiger partial charge in [-0.3, -0.25) is 14.9 Å². The van der Waals surface area contributed by atoms with Crippen molar-refractivity contribution in [2.75, 3.05) is 7.11 Å². The zero-order valence-corrected chi connectivity index (χ0v) is 14.9. The molecule has 1 N–H and O–H groups in total. The zero-order valence-electron chi connectivity index (χ0n) is 14.1. The molecule has 0 saturated carbocycles. The summed E-state index contributed by atoms with van der Waals surface area (Å²) >= 11 is 0.931. The first-order valence-corrected chi connectivity index (χ1v) is 8.91. The minimum atomic E-state index is -0.340. The Bertz CT molecular complexity index is 1050. The predicted octanol–water partition coefficient (Wildman–Crippen LogP) is 4.02. The number of nitrogens with one attached hydrogen (secondary N) is 1. The second-order valence-corrected chi connectivity index (χ2v) is 6.94. The van der Waals surface area contributed by atoms with Crippen molar-refractivity contribution >= 4 is 39.9 Å². The standard InChI is InChI=1S/C20H16N2O3S/c1-25-15-6-2-4-13(10-15)12-22-9-8-16-14(5-3-7-17(16)22)11-18-19(23)21-20(24)26-18/h2-11H,12H2,1H3,(H,21,23,24). The van der Waals surface area contributed by atoms with Crippen molar-refractivity contribution in [1.29, 1.82) is 0 Å². The molecule has 2 amide bonds. The van der Waals surface area contributed by atoms with E-state index in [-0.39, 0.29) is 11.1 Å². The van der Waals surface area contributed by atoms with E-state index in [2.05, 4.69) is 16.0 Å². The zero-order chi connectivity index (χ0) is 18.1. The summed E-state index contributed by atoms with van der Waals surface area (Å²) in [5, 5.41) is 2.99. The van der Waals surface area contributed by atoms with Crippen LogP contribution >= 0.6 is 11.8 Å². The maximum absolute atomic E-state index is 11.8. The second-order valence-electron chi connectivity index (χ2n) is 5.93. The Labute approximate surface area is 154 Å². The number of hydrogen-bond acceptors (Lipinski definition) is 4. The SMILES string of the molecule is COc1cccc(Cn2ccc3c(C=C4SC(=O)NC4=O)cccc32)c1. The minimum absolute atomic E-state index is 0.330. The monoisotopic (exact) mass is 364 g/mol. The van der Waals surface area contributed by atoms with Crippen LogP contribution in [0.5, 0.6) is 5.75 Å². The van der Waals surface area contributed by atoms with E-state index in [4.69, 9.17) is 4.74 Å². The van der Waals surface area contributed by atoms with Gasteiger partial charge in [-0.25, -0.2) is 0 Å². The van der Waals surface area contributed by atoms with Gasteiger partial charge in [-0.1, -0.05) is 24.3 Å². The molecule has 0 aliphatic carbocycles. The van der Waals surface area contributed by atoms with Crippen LogP contribution in [0.25, 0.3) is 17.0 Å². The van der Waals surface area contributed by atoms with Crippen LogP contribution < -0.4 is 10.1 Å². The molecule has 2 aromatic carbocycles. The number of thioether (sulfide) groups is 1. The average Bonchev–Trinajstić information content (AvgIpc) is 3.19. The van der Waals surface area contributed by atoms with E-state index in [0.29, 0.717) is 11.4 Å². The van der Waals surface area contributed by atoms with Crippen molar-refractivity contribution in [3.63, 3.8) is 0 Å². The number of methoxy groups -OCH3 is 1. The molecular weight excluding hydrogens is 348 g/mol. The molecule has 0 unspecified atom stereocenters. The highest BCUT2D eigenvalue weighted by molar-refractivity contribution is 8.18. The lowest BCUT2D eigenvalue weighted by molar-refractivity contribution is -0.115. The number of amides is 2. The van der Waals surface area contributed by atoms with Crippen molar-refractivity contribution in [1.82, 2.24) is 9.88 Å². The summed E-state index contributed by atoms with van der Waals surface area (Å²) in [6.07, 6.45) is 3.79. The molecule has 5 nitrogen and oxygen atoms in total. The fourth-order valence-corrected chi connectivity index (χ4v) is 3.71. The van der Waals surface area contributed by atoms with Gasteiger partial charge < -0.3 is 9.30 Å². The Morgan fingerprint density at radius 1 is 1.15 bits per heavy atom. The van der Waals surface area contributed by atoms with E-state index < -0.39 is 0 Å². The van der Waals surface area contributed by atoms with Crippen LogP contribution in [-0.4, -0.2) is 22.8 Å². The van der Waals surface area contributed by atoms with E-state index in [1.165, 1.54) is 0 Å². The Kier molecular flexibility index (Phi) is 4.26. The summed E-state index contributed by atoms with van der Waals surface area (Å²) in [4.78, 5) is 23.6. The minimum Gasteiger partial charge on any atom is -0.497 e. The maximum atomic E-state index is 11.8. The third-order valence-electron chi connectivity index (χ3n) is 4.26. The molecule has 0 bridgehead atoms. The number of nitrogens with zero attached hydrogens (tertiary/aromatic N) is 1. The van der Waals surface area contributed by atoms with E-state index in [1.54, 1.807) is 13.2 Å². The Morgan fingerprint density at radius 3 is 2.77 bits per heavy atom. The number of carbonyl (C=O) groups is 2. The van der Waals surface area contributed by atoms with E-state index in [0.717, 1.165) is 39.5 Å². The number of ether oxygens (including phenoxy) is 1. The molecule has 1 aliphatic heterocycles. The van der Waals surface area contributed by atoms with Gasteiger partial charge in [-0.2, -0.15) is 0 Å². The fourth-order valence-electron chi connectivity index (χ4n) is 3.04. The topological polar surface area (TPSA) is 60.3 Å². The number of fused-ring (bicyclic) bond motifs is 1. The smallest absolute Gasteiger partial charge is 0.290 e. The highest BCUT2D eigenvalue weighted by atomic mass is 32.2. The summed E-state index contributed by atoms with van der Waals surface area (Å²) in [7, 11) is 1.66. The van der Waals surface area contributed by atoms with Crippen LogP contribution in [0.15, 0.2) is 59.6 Å². The van der Waals surface area contributed by atoms with Crippen molar-refractivity contribution in [2.45, 2.75) is 6.54 Å². The molecule has 1 aromatic heterocycles. The van der Waals surface area contributed by atoms with Gasteiger partial charge >= 0.3 is 0 Å². The maximum Gasteiger partial charge on any atom is 0.290 e. The molecule has 3 aromatic rings. The molecule has 1 saturated heterocycles. The molecule has 6 heteroatoms. The fraction of sp³-hybridized carbons (Fsp3) is 0.100. The van der Waals surface area contributed by atoms with Crippen LogP contribution in [0.4, 0.5) is 4.79 Å². The average molecular weight is 364 g/mol. The summed E-state index contributed by atoms with van der Waals surface area (Å²) in [5.74, 6) is 0.492. The molecule has 0 spiro atoms. The quantitative estimate of drug-likeness (QED) is 0.710. The Balaban J connectivity index is 1.70. The van der Waals surface area contributed by atoms with Crippen LogP contribution in [0.2, 0.25) is 0 Å². The Hall–Kier alpha value is -2.99. The highest BCUT2D eigenvalue weighted by Gasteiger charge is 2.25. The lowest BCUT2D eigenvalue weighted by Crippen LogP contribution is -2.17. The molecule has 26 heavy (non-hydrogen) atoms. The molecule has 0 atom stereocenters. The number of carbonyl (C=O) groups excluding carboxylic acids is 2. The normalized spacial score (nSPS) is 15.7. The first kappa shape index (κ1) is 16.5. The summed E-state index contributed by atoms with van der Waals surface area (Å²) in [6, 6.07) is 16.0. The van der Waals surface area contributed by atoms with Gasteiger partial charge in [0.1, 0.15) is 5.75 Å². The third-order valence-corrected chi connectivity index (χ3v) is 5.07. The highest BCUT2D eigenvalue weighted by Crippen LogP contribution is 2.29. The van der Waals surface area contributed by atoms with Crippen LogP contribution in [0.3, 0.4) is 0 Å². The van der Waals surface area contributed by atoms with Gasteiger partial charge in [-0.15, -0.1) is 0 Å². The van der Waals surface area contributed by atoms with Gasteiger partial charge in [-0.05, 0) is 53.2 Å². The molecule has 0 radical (unpaired) electrons. The van der Waals surface area contributed by atoms with Crippen LogP contribution in [-0.2, 0) is 11.3 Å². The molecule has 1 aliphatic rings. The largest absolute Gasteiger partial charge is 0.497 e. The van der Waals surface area contributed by atoms with Gasteiger partial charge in [0.05, 0.1) is 12.0 Å². The number of rotatable bonds is 4. The Morgan fingerprint density at radius 2 is 2.00 bits per heavy atom. The van der Waals surface area contributed by atoms with Crippen molar-refractivity contribution in [2.24, 2.45) is 0 Å². The molecule has 1 fully saturated rings. The predicted molar refractivity (Wildman–Crippen MR) is 103 cm³/mol. The van der Waals surface area contributed by atoms with Crippen molar-refractivity contribution in [3.05, 3.63) is 70.8 Å². The van der Waals surface area contributed by atoms with E-state index >= 15 is 0 Å². The first-order chi connectivity index (χ1) is 12.6. The van der Waals surface area contributed by atoms with Crippen LogP contribution in [0.1, 0.15) is 11.1 Å². The van der Waals surface area contributed by atoms with Crippen molar-refractivity contribution < 1.29 is 14.3 Å². The molecule has 130 valence electrons. The van der Waals surface area contributed by atoms with Crippen LogP contribution in [0, 0.1) is 0 Å². The van der Waals surface area contributed by atoms with Gasteiger partial charge in [0.25, 0.3) is 11.1 Å². The third kappa shape index (κ3) is 3.11. The number of benzene rings is 2. The number of aromatic nitrogens is 1. The first-order valence-electron chi connectivity index (χ1n) is 8.10. The lowest BCUT2D eigenvalue weighted by atomic mass is 10.1. The van der Waals surface area contributed by atoms with Gasteiger partial charge in [0.15, 0.2) is 0 Å². The number of hydrogen-bond donors (Lipinski definition) is 1. The van der Waals surface area contributed by atoms with Gasteiger partial charge in [0.2, 0.25) is 0 Å². The summed E-state index contributed by atoms with van der Waals surface area (Å²) in [5.41, 5.74) is 3.12. The van der Waals surface area contributed by atoms with Crippen molar-refractivity contribution in [3.8, 4) is 5.75 Å². The molecule has 4 rings (SSSR count). The second kappa shape index (κ2) is 6.72.